The highest BCUT2D eigenvalue weighted by Gasteiger charge is 2.23. The Morgan fingerprint density at radius 3 is 1.76 bits per heavy atom. The number of carbonyl (C=O) groups is 2. The molecule has 0 aliphatic heterocycles. The van der Waals surface area contributed by atoms with Gasteiger partial charge in [0.2, 0.25) is 5.91 Å². The van der Waals surface area contributed by atoms with E-state index in [2.05, 4.69) is 15.8 Å². The number of rotatable bonds is 6. The third-order valence-corrected chi connectivity index (χ3v) is 3.68. The van der Waals surface area contributed by atoms with Gasteiger partial charge in [0, 0.05) is 18.1 Å². The summed E-state index contributed by atoms with van der Waals surface area (Å²) in [5, 5.41) is 7.00. The molecule has 2 rings (SSSR count). The maximum absolute atomic E-state index is 12.5. The number of hydrogen-bond donors (Lipinski definition) is 2. The summed E-state index contributed by atoms with van der Waals surface area (Å²) in [6.07, 6.45) is 0. The Morgan fingerprint density at radius 2 is 1.36 bits per heavy atom. The average Bonchev–Trinajstić information content (AvgIpc) is 2.61. The van der Waals surface area contributed by atoms with Crippen LogP contribution < -0.4 is 10.7 Å². The van der Waals surface area contributed by atoms with Gasteiger partial charge in [-0.3, -0.25) is 9.59 Å². The van der Waals surface area contributed by atoms with Crippen LogP contribution in [0.1, 0.15) is 31.9 Å². The van der Waals surface area contributed by atoms with Crippen molar-refractivity contribution in [2.24, 2.45) is 11.0 Å². The molecule has 0 fully saturated rings. The van der Waals surface area contributed by atoms with Crippen LogP contribution in [0.2, 0.25) is 0 Å². The van der Waals surface area contributed by atoms with Crippen molar-refractivity contribution in [3.05, 3.63) is 71.8 Å². The van der Waals surface area contributed by atoms with Gasteiger partial charge in [0.1, 0.15) is 6.04 Å². The highest BCUT2D eigenvalue weighted by molar-refractivity contribution is 6.13. The lowest BCUT2D eigenvalue weighted by atomic mass is 10.0. The van der Waals surface area contributed by atoms with Crippen molar-refractivity contribution in [1.29, 1.82) is 0 Å². The van der Waals surface area contributed by atoms with Crippen LogP contribution in [0.25, 0.3) is 0 Å². The van der Waals surface area contributed by atoms with Crippen molar-refractivity contribution in [2.75, 3.05) is 0 Å². The van der Waals surface area contributed by atoms with Gasteiger partial charge in [-0.1, -0.05) is 74.5 Å². The van der Waals surface area contributed by atoms with Crippen molar-refractivity contribution < 1.29 is 9.59 Å². The second-order valence-electron chi connectivity index (χ2n) is 6.09. The van der Waals surface area contributed by atoms with Crippen molar-refractivity contribution in [3.8, 4) is 0 Å². The molecule has 1 unspecified atom stereocenters. The predicted molar refractivity (Wildman–Crippen MR) is 99.1 cm³/mol. The summed E-state index contributed by atoms with van der Waals surface area (Å²) >= 11 is 0. The Kier molecular flexibility index (Phi) is 6.46. The van der Waals surface area contributed by atoms with Gasteiger partial charge in [0.15, 0.2) is 0 Å². The SMILES string of the molecule is CC(=O)NC(C(=O)NN=C(c1ccccc1)c1ccccc1)C(C)C. The summed E-state index contributed by atoms with van der Waals surface area (Å²) in [6.45, 7) is 5.14. The molecule has 5 heteroatoms. The third kappa shape index (κ3) is 5.28. The summed E-state index contributed by atoms with van der Waals surface area (Å²) in [6, 6.07) is 18.7. The zero-order valence-electron chi connectivity index (χ0n) is 14.7. The molecule has 0 aromatic heterocycles. The second kappa shape index (κ2) is 8.78. The number of nitrogens with zero attached hydrogens (tertiary/aromatic N) is 1. The van der Waals surface area contributed by atoms with E-state index in [4.69, 9.17) is 0 Å². The largest absolute Gasteiger partial charge is 0.344 e. The van der Waals surface area contributed by atoms with E-state index in [-0.39, 0.29) is 17.7 Å². The smallest absolute Gasteiger partial charge is 0.262 e. The third-order valence-electron chi connectivity index (χ3n) is 3.68. The monoisotopic (exact) mass is 337 g/mol. The predicted octanol–water partition coefficient (Wildman–Crippen LogP) is 2.72. The Labute approximate surface area is 148 Å². The standard InChI is InChI=1S/C20H23N3O2/c1-14(2)18(21-15(3)24)20(25)23-22-19(16-10-6-4-7-11-16)17-12-8-5-9-13-17/h4-14,18H,1-3H3,(H,21,24)(H,23,25). The van der Waals surface area contributed by atoms with Crippen LogP contribution in [-0.4, -0.2) is 23.6 Å². The fraction of sp³-hybridized carbons (Fsp3) is 0.250. The van der Waals surface area contributed by atoms with Crippen molar-refractivity contribution in [2.45, 2.75) is 26.8 Å². The van der Waals surface area contributed by atoms with Gasteiger partial charge in [-0.25, -0.2) is 5.43 Å². The quantitative estimate of drug-likeness (QED) is 0.628. The summed E-state index contributed by atoms with van der Waals surface area (Å²) < 4.78 is 0. The van der Waals surface area contributed by atoms with Gasteiger partial charge >= 0.3 is 0 Å². The van der Waals surface area contributed by atoms with Gasteiger partial charge in [-0.2, -0.15) is 5.10 Å². The summed E-state index contributed by atoms with van der Waals surface area (Å²) in [5.41, 5.74) is 5.06. The van der Waals surface area contributed by atoms with E-state index >= 15 is 0 Å². The van der Waals surface area contributed by atoms with Gasteiger partial charge < -0.3 is 5.32 Å². The van der Waals surface area contributed by atoms with E-state index in [1.165, 1.54) is 6.92 Å². The number of amides is 2. The molecule has 2 amide bonds. The Morgan fingerprint density at radius 1 is 0.880 bits per heavy atom. The van der Waals surface area contributed by atoms with Crippen molar-refractivity contribution in [1.82, 2.24) is 10.7 Å². The van der Waals surface area contributed by atoms with E-state index < -0.39 is 6.04 Å². The molecule has 5 nitrogen and oxygen atoms in total. The molecule has 130 valence electrons. The van der Waals surface area contributed by atoms with Gasteiger partial charge in [0.05, 0.1) is 5.71 Å². The molecule has 0 saturated heterocycles. The number of hydrazone groups is 1. The molecule has 2 N–H and O–H groups in total. The van der Waals surface area contributed by atoms with E-state index in [0.717, 1.165) is 11.1 Å². The molecule has 0 saturated carbocycles. The van der Waals surface area contributed by atoms with Crippen LogP contribution in [0.5, 0.6) is 0 Å². The molecule has 0 bridgehead atoms. The maximum Gasteiger partial charge on any atom is 0.262 e. The minimum atomic E-state index is -0.631. The lowest BCUT2D eigenvalue weighted by Gasteiger charge is -2.19. The molecule has 2 aromatic carbocycles. The Bertz CT molecular complexity index is 699. The van der Waals surface area contributed by atoms with Crippen LogP contribution in [0.3, 0.4) is 0 Å². The first kappa shape index (κ1) is 18.4. The molecule has 0 spiro atoms. The maximum atomic E-state index is 12.5. The van der Waals surface area contributed by atoms with Crippen LogP contribution in [0.15, 0.2) is 65.8 Å². The molecule has 0 aliphatic carbocycles. The van der Waals surface area contributed by atoms with Crippen LogP contribution >= 0.6 is 0 Å². The van der Waals surface area contributed by atoms with E-state index in [0.29, 0.717) is 5.71 Å². The molecule has 2 aromatic rings. The first-order valence-electron chi connectivity index (χ1n) is 8.24. The zero-order chi connectivity index (χ0) is 18.2. The highest BCUT2D eigenvalue weighted by Crippen LogP contribution is 2.10. The van der Waals surface area contributed by atoms with E-state index in [9.17, 15) is 9.59 Å². The fourth-order valence-corrected chi connectivity index (χ4v) is 2.42. The number of hydrogen-bond acceptors (Lipinski definition) is 3. The average molecular weight is 337 g/mol. The summed E-state index contributed by atoms with van der Waals surface area (Å²) in [4.78, 5) is 23.8. The first-order chi connectivity index (χ1) is 12.0. The second-order valence-corrected chi connectivity index (χ2v) is 6.09. The normalized spacial score (nSPS) is 11.5. The fourth-order valence-electron chi connectivity index (χ4n) is 2.42. The van der Waals surface area contributed by atoms with Crippen molar-refractivity contribution >= 4 is 17.5 Å². The van der Waals surface area contributed by atoms with E-state index in [1.54, 1.807) is 0 Å². The van der Waals surface area contributed by atoms with Crippen LogP contribution in [-0.2, 0) is 9.59 Å². The molecule has 25 heavy (non-hydrogen) atoms. The van der Waals surface area contributed by atoms with Crippen LogP contribution in [0, 0.1) is 5.92 Å². The van der Waals surface area contributed by atoms with Crippen LogP contribution in [0.4, 0.5) is 0 Å². The van der Waals surface area contributed by atoms with Gasteiger partial charge in [-0.05, 0) is 5.92 Å². The van der Waals surface area contributed by atoms with Gasteiger partial charge in [0.25, 0.3) is 5.91 Å². The first-order valence-corrected chi connectivity index (χ1v) is 8.24. The summed E-state index contributed by atoms with van der Waals surface area (Å²) in [7, 11) is 0. The molecule has 1 atom stereocenters. The minimum absolute atomic E-state index is 0.0454. The highest BCUT2D eigenvalue weighted by atomic mass is 16.2. The minimum Gasteiger partial charge on any atom is -0.344 e. The molecule has 0 aliphatic rings. The topological polar surface area (TPSA) is 70.6 Å². The van der Waals surface area contributed by atoms with E-state index in [1.807, 2.05) is 74.5 Å². The Balaban J connectivity index is 2.29. The molecule has 0 heterocycles. The Hall–Kier alpha value is -2.95. The number of carbonyl (C=O) groups excluding carboxylic acids is 2. The van der Waals surface area contributed by atoms with Gasteiger partial charge in [-0.15, -0.1) is 0 Å². The lowest BCUT2D eigenvalue weighted by molar-refractivity contribution is -0.129. The number of nitrogens with one attached hydrogen (secondary N) is 2. The number of benzene rings is 2. The zero-order valence-corrected chi connectivity index (χ0v) is 14.7. The lowest BCUT2D eigenvalue weighted by Crippen LogP contribution is -2.48. The molecular weight excluding hydrogens is 314 g/mol. The van der Waals surface area contributed by atoms with Crippen molar-refractivity contribution in [3.63, 3.8) is 0 Å². The molecular formula is C20H23N3O2. The summed E-state index contributed by atoms with van der Waals surface area (Å²) in [5.74, 6) is -0.630. The molecule has 0 radical (unpaired) electrons.